The van der Waals surface area contributed by atoms with E-state index < -0.39 is 0 Å². The van der Waals surface area contributed by atoms with Gasteiger partial charge in [-0.25, -0.2) is 0 Å². The van der Waals surface area contributed by atoms with Crippen molar-refractivity contribution in [3.63, 3.8) is 0 Å². The Bertz CT molecular complexity index is 2620. The van der Waals surface area contributed by atoms with Gasteiger partial charge in [-0.2, -0.15) is 0 Å². The van der Waals surface area contributed by atoms with E-state index in [1.165, 1.54) is 0 Å². The second kappa shape index (κ2) is 14.9. The van der Waals surface area contributed by atoms with Crippen LogP contribution in [-0.2, 0) is 28.0 Å². The maximum Gasteiger partial charge on any atom is 2.00 e. The van der Waals surface area contributed by atoms with Crippen molar-refractivity contribution in [2.24, 2.45) is 9.98 Å². The average molecular weight is 730 g/mol. The molecule has 53 heavy (non-hydrogen) atoms. The van der Waals surface area contributed by atoms with Crippen LogP contribution in [0.4, 0.5) is 0 Å². The predicted molar refractivity (Wildman–Crippen MR) is 210 cm³/mol. The average Bonchev–Trinajstić information content (AvgIpc) is 4.03. The number of hydrogen-bond donors (Lipinski definition) is 0. The third kappa shape index (κ3) is 6.48. The Labute approximate surface area is 319 Å². The van der Waals surface area contributed by atoms with Crippen LogP contribution >= 0.6 is 0 Å². The molecule has 6 aromatic rings. The Morgan fingerprint density at radius 2 is 0.981 bits per heavy atom. The van der Waals surface area contributed by atoms with Gasteiger partial charge in [0.25, 0.3) is 0 Å². The zero-order valence-electron chi connectivity index (χ0n) is 29.0. The van der Waals surface area contributed by atoms with Gasteiger partial charge in [-0.05, 0) is 64.8 Å². The Balaban J connectivity index is 0.00000400. The second-order valence-corrected chi connectivity index (χ2v) is 12.7. The van der Waals surface area contributed by atoms with Gasteiger partial charge < -0.3 is 14.3 Å². The molecular formula is C47H34N4NiO. The molecule has 0 saturated carbocycles. The first-order valence-electron chi connectivity index (χ1n) is 17.6. The number of aliphatic imine (C=N–C) groups is 2. The fourth-order valence-corrected chi connectivity index (χ4v) is 7.12. The van der Waals surface area contributed by atoms with Crippen molar-refractivity contribution in [3.8, 4) is 0 Å². The van der Waals surface area contributed by atoms with Crippen LogP contribution in [0, 0.1) is 6.07 Å². The molecule has 6 heteroatoms. The molecule has 5 nitrogen and oxygen atoms in total. The van der Waals surface area contributed by atoms with Crippen LogP contribution in [0.1, 0.15) is 40.4 Å². The maximum atomic E-state index is 6.08. The number of allylic oxidation sites excluding steroid dienone is 4. The minimum atomic E-state index is 0. The van der Waals surface area contributed by atoms with E-state index >= 15 is 0 Å². The van der Waals surface area contributed by atoms with Gasteiger partial charge >= 0.3 is 16.5 Å². The van der Waals surface area contributed by atoms with Crippen molar-refractivity contribution in [3.05, 3.63) is 226 Å². The van der Waals surface area contributed by atoms with Gasteiger partial charge in [-0.15, -0.1) is 22.3 Å². The first-order valence-corrected chi connectivity index (χ1v) is 17.6. The molecule has 0 spiro atoms. The van der Waals surface area contributed by atoms with E-state index in [0.717, 1.165) is 89.3 Å². The molecule has 0 fully saturated rings. The summed E-state index contributed by atoms with van der Waals surface area (Å²) in [6.07, 6.45) is 10.6. The molecule has 0 atom stereocenters. The number of benzene rings is 4. The molecule has 258 valence electrons. The number of fused-ring (bicyclic) bond motifs is 6. The molecule has 0 radical (unpaired) electrons. The van der Waals surface area contributed by atoms with Crippen LogP contribution in [0.25, 0.3) is 22.3 Å². The van der Waals surface area contributed by atoms with Crippen molar-refractivity contribution in [1.29, 1.82) is 0 Å². The molecule has 9 rings (SSSR count). The first kappa shape index (κ1) is 34.0. The van der Waals surface area contributed by atoms with Crippen molar-refractivity contribution in [2.45, 2.75) is 13.7 Å². The molecule has 3 aliphatic rings. The minimum absolute atomic E-state index is 0. The fraction of sp³-hybridized carbons (Fsp3) is 0.0638. The van der Waals surface area contributed by atoms with E-state index in [9.17, 15) is 0 Å². The summed E-state index contributed by atoms with van der Waals surface area (Å²) in [7, 11) is 0. The number of ether oxygens (including phenoxy) is 1. The van der Waals surface area contributed by atoms with Crippen LogP contribution in [0.2, 0.25) is 0 Å². The fourth-order valence-electron chi connectivity index (χ4n) is 7.12. The van der Waals surface area contributed by atoms with Gasteiger partial charge in [0, 0.05) is 18.0 Å². The van der Waals surface area contributed by atoms with Gasteiger partial charge in [0.2, 0.25) is 0 Å². The van der Waals surface area contributed by atoms with Gasteiger partial charge in [0.15, 0.2) is 0 Å². The molecule has 5 heterocycles. The quantitative estimate of drug-likeness (QED) is 0.124. The SMILES string of the molecule is CCOCn1cc2[c-]c1C(c1ccccc1)=C1C=CC(=N1)C(c1ccccc1)=c1ccc([n-]1)=C(c1ccccc1)C1=NC(=C2c2ccccc2)C=C1.[Ni+2]. The number of aromatic nitrogens is 2. The van der Waals surface area contributed by atoms with Crippen molar-refractivity contribution < 1.29 is 21.2 Å². The summed E-state index contributed by atoms with van der Waals surface area (Å²) in [5.74, 6) is 0. The van der Waals surface area contributed by atoms with E-state index in [2.05, 4.69) is 150 Å². The predicted octanol–water partition coefficient (Wildman–Crippen LogP) is 7.89. The molecule has 3 aliphatic heterocycles. The summed E-state index contributed by atoms with van der Waals surface area (Å²) >= 11 is 0. The summed E-state index contributed by atoms with van der Waals surface area (Å²) in [4.78, 5) is 16.1. The Morgan fingerprint density at radius 3 is 1.45 bits per heavy atom. The molecule has 0 N–H and O–H groups in total. The van der Waals surface area contributed by atoms with Crippen LogP contribution in [0.15, 0.2) is 185 Å². The number of hydrogen-bond acceptors (Lipinski definition) is 3. The van der Waals surface area contributed by atoms with Crippen LogP contribution < -0.4 is 15.7 Å². The van der Waals surface area contributed by atoms with Gasteiger partial charge in [0.1, 0.15) is 6.73 Å². The Kier molecular flexibility index (Phi) is 9.56. The van der Waals surface area contributed by atoms with Gasteiger partial charge in [-0.3, -0.25) is 9.98 Å². The molecular weight excluding hydrogens is 695 g/mol. The molecule has 0 saturated heterocycles. The van der Waals surface area contributed by atoms with E-state index in [1.54, 1.807) is 0 Å². The van der Waals surface area contributed by atoms with Crippen molar-refractivity contribution in [2.75, 3.05) is 6.61 Å². The summed E-state index contributed by atoms with van der Waals surface area (Å²) in [5.41, 5.74) is 13.3. The maximum absolute atomic E-state index is 6.08. The summed E-state index contributed by atoms with van der Waals surface area (Å²) in [6, 6.07) is 49.8. The Morgan fingerprint density at radius 1 is 0.547 bits per heavy atom. The second-order valence-electron chi connectivity index (χ2n) is 12.7. The third-order valence-corrected chi connectivity index (χ3v) is 9.47. The van der Waals surface area contributed by atoms with E-state index in [-0.39, 0.29) is 16.5 Å². The van der Waals surface area contributed by atoms with Gasteiger partial charge in [-0.1, -0.05) is 156 Å². The monoisotopic (exact) mass is 728 g/mol. The number of nitrogens with zero attached hydrogens (tertiary/aromatic N) is 4. The zero-order chi connectivity index (χ0) is 34.9. The van der Waals surface area contributed by atoms with Gasteiger partial charge in [0.05, 0.1) is 11.4 Å². The van der Waals surface area contributed by atoms with Crippen LogP contribution in [-0.4, -0.2) is 22.6 Å². The van der Waals surface area contributed by atoms with Crippen LogP contribution in [0.5, 0.6) is 0 Å². The minimum Gasteiger partial charge on any atom is -0.657 e. The van der Waals surface area contributed by atoms with Crippen molar-refractivity contribution in [1.82, 2.24) is 9.55 Å². The summed E-state index contributed by atoms with van der Waals surface area (Å²) in [6.45, 7) is 2.96. The molecule has 0 amide bonds. The normalized spacial score (nSPS) is 14.8. The zero-order valence-corrected chi connectivity index (χ0v) is 30.0. The van der Waals surface area contributed by atoms with E-state index in [4.69, 9.17) is 19.7 Å². The summed E-state index contributed by atoms with van der Waals surface area (Å²) in [5, 5.41) is 1.71. The first-order chi connectivity index (χ1) is 25.7. The number of rotatable bonds is 7. The van der Waals surface area contributed by atoms with E-state index in [0.29, 0.717) is 13.3 Å². The third-order valence-electron chi connectivity index (χ3n) is 9.47. The van der Waals surface area contributed by atoms with Crippen LogP contribution in [0.3, 0.4) is 0 Å². The van der Waals surface area contributed by atoms with E-state index in [1.807, 2.05) is 31.2 Å². The standard InChI is InChI=1S/C47H34N4O.Ni/c1-2-52-31-51-30-36-29-43(51)47(35-21-13-6-14-22-35)42-28-27-41(50-42)46(34-19-11-5-12-20-34)40-26-25-39(49-40)45(33-17-9-4-10-18-33)38-24-23-37(48-38)44(36)32-15-7-3-8-16-32;/h3-28,30H,2,31H2,1H3;/q-2;+2. The molecule has 2 aromatic heterocycles. The molecule has 8 bridgehead atoms. The largest absolute Gasteiger partial charge is 2.00 e. The Hall–Kier alpha value is -6.07. The smallest absolute Gasteiger partial charge is 0.657 e. The molecule has 4 aromatic carbocycles. The molecule has 0 aliphatic carbocycles. The molecule has 0 unspecified atom stereocenters. The summed E-state index contributed by atoms with van der Waals surface area (Å²) < 4.78 is 8.23. The van der Waals surface area contributed by atoms with Crippen molar-refractivity contribution >= 4 is 33.7 Å². The topological polar surface area (TPSA) is 53.0 Å².